The van der Waals surface area contributed by atoms with Crippen LogP contribution in [0.5, 0.6) is 11.5 Å². The van der Waals surface area contributed by atoms with Crippen LogP contribution in [-0.2, 0) is 32.3 Å². The highest BCUT2D eigenvalue weighted by Gasteiger charge is 2.17. The maximum Gasteiger partial charge on any atom is 0.338 e. The maximum absolute atomic E-state index is 15.3. The first kappa shape index (κ1) is 27.5. The largest absolute Gasteiger partial charge is 0.423 e. The summed E-state index contributed by atoms with van der Waals surface area (Å²) in [7, 11) is 3.08. The van der Waals surface area contributed by atoms with Crippen molar-refractivity contribution in [3.63, 3.8) is 0 Å². The van der Waals surface area contributed by atoms with Gasteiger partial charge in [-0.15, -0.1) is 0 Å². The SMILES string of the molecule is C=C(C)C(=O)Oc1ccc(-c2ccc(-c3cc(COC)c(OC(=O)C(=C)C)cc3COC)cc2F)cc1. The Labute approximate surface area is 215 Å². The Hall–Kier alpha value is -4.07. The lowest BCUT2D eigenvalue weighted by Gasteiger charge is -2.17. The fourth-order valence-corrected chi connectivity index (χ4v) is 3.57. The number of rotatable bonds is 10. The molecular weight excluding hydrogens is 475 g/mol. The van der Waals surface area contributed by atoms with E-state index in [2.05, 4.69) is 13.2 Å². The summed E-state index contributed by atoms with van der Waals surface area (Å²) < 4.78 is 36.7. The molecule has 192 valence electrons. The van der Waals surface area contributed by atoms with Crippen molar-refractivity contribution < 1.29 is 32.9 Å². The molecule has 0 bridgehead atoms. The molecule has 0 N–H and O–H groups in total. The quantitative estimate of drug-likeness (QED) is 0.180. The molecule has 3 aromatic carbocycles. The van der Waals surface area contributed by atoms with E-state index in [1.54, 1.807) is 69.5 Å². The predicted octanol–water partition coefficient (Wildman–Crippen LogP) is 6.42. The van der Waals surface area contributed by atoms with E-state index in [1.807, 2.05) is 0 Å². The van der Waals surface area contributed by atoms with Crippen molar-refractivity contribution in [1.82, 2.24) is 0 Å². The van der Waals surface area contributed by atoms with Crippen LogP contribution in [0.25, 0.3) is 22.3 Å². The average molecular weight is 505 g/mol. The Morgan fingerprint density at radius 2 is 1.30 bits per heavy atom. The predicted molar refractivity (Wildman–Crippen MR) is 140 cm³/mol. The molecule has 3 aromatic rings. The molecule has 0 spiro atoms. The van der Waals surface area contributed by atoms with E-state index in [0.717, 1.165) is 5.56 Å². The third-order valence-corrected chi connectivity index (χ3v) is 5.44. The molecule has 3 rings (SSSR count). The van der Waals surface area contributed by atoms with Crippen molar-refractivity contribution in [3.8, 4) is 33.8 Å². The van der Waals surface area contributed by atoms with Gasteiger partial charge in [-0.1, -0.05) is 37.4 Å². The molecule has 7 heteroatoms. The summed E-state index contributed by atoms with van der Waals surface area (Å²) in [5, 5.41) is 0. The first-order chi connectivity index (χ1) is 17.6. The molecule has 0 saturated heterocycles. The molecular formula is C30H29FO6. The lowest BCUT2D eigenvalue weighted by atomic mass is 9.94. The van der Waals surface area contributed by atoms with E-state index in [4.69, 9.17) is 18.9 Å². The zero-order valence-corrected chi connectivity index (χ0v) is 21.4. The topological polar surface area (TPSA) is 71.1 Å². The van der Waals surface area contributed by atoms with Crippen molar-refractivity contribution in [2.75, 3.05) is 14.2 Å². The van der Waals surface area contributed by atoms with Crippen molar-refractivity contribution >= 4 is 11.9 Å². The van der Waals surface area contributed by atoms with Crippen molar-refractivity contribution in [2.45, 2.75) is 27.1 Å². The second-order valence-corrected chi connectivity index (χ2v) is 8.54. The van der Waals surface area contributed by atoms with Crippen LogP contribution in [0.3, 0.4) is 0 Å². The summed E-state index contributed by atoms with van der Waals surface area (Å²) in [6, 6.07) is 15.0. The monoisotopic (exact) mass is 504 g/mol. The number of carbonyl (C=O) groups excluding carboxylic acids is 2. The Bertz CT molecular complexity index is 1340. The number of esters is 2. The van der Waals surface area contributed by atoms with Gasteiger partial charge in [0.05, 0.1) is 13.2 Å². The second-order valence-electron chi connectivity index (χ2n) is 8.54. The summed E-state index contributed by atoms with van der Waals surface area (Å²) in [6.07, 6.45) is 0. The van der Waals surface area contributed by atoms with Gasteiger partial charge in [-0.25, -0.2) is 14.0 Å². The highest BCUT2D eigenvalue weighted by atomic mass is 19.1. The lowest BCUT2D eigenvalue weighted by molar-refractivity contribution is -0.131. The molecule has 0 fully saturated rings. The highest BCUT2D eigenvalue weighted by Crippen LogP contribution is 2.35. The average Bonchev–Trinajstić information content (AvgIpc) is 2.86. The van der Waals surface area contributed by atoms with Gasteiger partial charge >= 0.3 is 11.9 Å². The fourth-order valence-electron chi connectivity index (χ4n) is 3.57. The van der Waals surface area contributed by atoms with Gasteiger partial charge in [-0.3, -0.25) is 0 Å². The normalized spacial score (nSPS) is 10.6. The molecule has 0 aliphatic heterocycles. The van der Waals surface area contributed by atoms with E-state index in [0.29, 0.717) is 39.3 Å². The third-order valence-electron chi connectivity index (χ3n) is 5.44. The van der Waals surface area contributed by atoms with E-state index < -0.39 is 17.8 Å². The van der Waals surface area contributed by atoms with Crippen LogP contribution in [0.1, 0.15) is 25.0 Å². The number of hydrogen-bond acceptors (Lipinski definition) is 6. The smallest absolute Gasteiger partial charge is 0.338 e. The zero-order valence-electron chi connectivity index (χ0n) is 21.4. The summed E-state index contributed by atoms with van der Waals surface area (Å²) >= 11 is 0. The molecule has 0 aliphatic rings. The fraction of sp³-hybridized carbons (Fsp3) is 0.200. The van der Waals surface area contributed by atoms with Gasteiger partial charge in [-0.05, 0) is 66.4 Å². The first-order valence-corrected chi connectivity index (χ1v) is 11.4. The summed E-state index contributed by atoms with van der Waals surface area (Å²) in [5.74, 6) is -0.836. The zero-order chi connectivity index (χ0) is 27.1. The Kier molecular flexibility index (Phi) is 9.11. The number of carbonyl (C=O) groups is 2. The van der Waals surface area contributed by atoms with Crippen molar-refractivity contribution in [1.29, 1.82) is 0 Å². The molecule has 0 aromatic heterocycles. The first-order valence-electron chi connectivity index (χ1n) is 11.4. The molecule has 0 atom stereocenters. The van der Waals surface area contributed by atoms with Gasteiger partial charge in [0.15, 0.2) is 0 Å². The van der Waals surface area contributed by atoms with E-state index in [1.165, 1.54) is 13.2 Å². The van der Waals surface area contributed by atoms with Crippen LogP contribution in [-0.4, -0.2) is 26.2 Å². The molecule has 0 heterocycles. The van der Waals surface area contributed by atoms with Gasteiger partial charge in [0.25, 0.3) is 0 Å². The van der Waals surface area contributed by atoms with E-state index in [9.17, 15) is 9.59 Å². The molecule has 0 unspecified atom stereocenters. The van der Waals surface area contributed by atoms with Gasteiger partial charge in [-0.2, -0.15) is 0 Å². The number of ether oxygens (including phenoxy) is 4. The second kappa shape index (κ2) is 12.3. The van der Waals surface area contributed by atoms with Crippen LogP contribution in [0, 0.1) is 5.82 Å². The van der Waals surface area contributed by atoms with Gasteiger partial charge in [0, 0.05) is 36.5 Å². The Morgan fingerprint density at radius 3 is 1.86 bits per heavy atom. The third kappa shape index (κ3) is 6.78. The van der Waals surface area contributed by atoms with Crippen LogP contribution < -0.4 is 9.47 Å². The van der Waals surface area contributed by atoms with Gasteiger partial charge in [0.1, 0.15) is 17.3 Å². The number of hydrogen-bond donors (Lipinski definition) is 0. The van der Waals surface area contributed by atoms with Crippen LogP contribution in [0.15, 0.2) is 78.9 Å². The minimum Gasteiger partial charge on any atom is -0.423 e. The van der Waals surface area contributed by atoms with Crippen molar-refractivity contribution in [2.24, 2.45) is 0 Å². The molecule has 37 heavy (non-hydrogen) atoms. The molecule has 0 amide bonds. The molecule has 6 nitrogen and oxygen atoms in total. The van der Waals surface area contributed by atoms with E-state index >= 15 is 4.39 Å². The van der Waals surface area contributed by atoms with Crippen LogP contribution in [0.4, 0.5) is 4.39 Å². The number of methoxy groups -OCH3 is 2. The maximum atomic E-state index is 15.3. The van der Waals surface area contributed by atoms with Gasteiger partial charge < -0.3 is 18.9 Å². The van der Waals surface area contributed by atoms with Crippen LogP contribution in [0.2, 0.25) is 0 Å². The lowest BCUT2D eigenvalue weighted by Crippen LogP contribution is -2.11. The minimum absolute atomic E-state index is 0.182. The highest BCUT2D eigenvalue weighted by molar-refractivity contribution is 5.89. The van der Waals surface area contributed by atoms with Gasteiger partial charge in [0.2, 0.25) is 0 Å². The summed E-state index contributed by atoms with van der Waals surface area (Å²) in [6.45, 7) is 10.7. The van der Waals surface area contributed by atoms with Crippen molar-refractivity contribution in [3.05, 3.63) is 95.8 Å². The molecule has 0 radical (unpaired) electrons. The minimum atomic E-state index is -0.552. The van der Waals surface area contributed by atoms with Crippen LogP contribution >= 0.6 is 0 Å². The molecule has 0 aliphatic carbocycles. The van der Waals surface area contributed by atoms with E-state index in [-0.39, 0.29) is 24.4 Å². The number of halogens is 1. The summed E-state index contributed by atoms with van der Waals surface area (Å²) in [5.41, 5.74) is 4.23. The summed E-state index contributed by atoms with van der Waals surface area (Å²) in [4.78, 5) is 23.9. The Morgan fingerprint density at radius 1 is 0.730 bits per heavy atom. The Balaban J connectivity index is 1.98. The standard InChI is InChI=1S/C30H29FO6/c1-18(2)29(32)36-24-10-7-20(8-11-24)25-12-9-21(14-27(25)31)26-13-23(17-35-6)28(15-22(26)16-34-5)37-30(33)19(3)4/h7-15H,1,3,16-17H2,2,4-6H3. The number of benzene rings is 3. The molecule has 0 saturated carbocycles.